The lowest BCUT2D eigenvalue weighted by Gasteiger charge is -2.26. The van der Waals surface area contributed by atoms with Crippen LogP contribution in [0.5, 0.6) is 0 Å². The number of hydrogen-bond donors (Lipinski definition) is 2. The Kier molecular flexibility index (Phi) is 3.84. The van der Waals surface area contributed by atoms with Gasteiger partial charge in [0.25, 0.3) is 5.91 Å². The Balaban J connectivity index is 1.73. The second kappa shape index (κ2) is 5.61. The van der Waals surface area contributed by atoms with Crippen LogP contribution >= 0.6 is 22.7 Å². The molecule has 0 fully saturated rings. The molecule has 106 valence electrons. The molecular weight excluding hydrogens is 294 g/mol. The maximum Gasteiger partial charge on any atom is 0.284 e. The van der Waals surface area contributed by atoms with Crippen molar-refractivity contribution in [1.29, 1.82) is 0 Å². The van der Waals surface area contributed by atoms with Gasteiger partial charge in [-0.25, -0.2) is 10.5 Å². The van der Waals surface area contributed by atoms with Gasteiger partial charge in [-0.15, -0.1) is 22.7 Å². The van der Waals surface area contributed by atoms with Crippen LogP contribution in [0, 0.1) is 6.92 Å². The fourth-order valence-corrected chi connectivity index (χ4v) is 4.32. The summed E-state index contributed by atoms with van der Waals surface area (Å²) in [6.45, 7) is 4.79. The molecule has 3 rings (SSSR count). The third-order valence-corrected chi connectivity index (χ3v) is 5.58. The largest absolute Gasteiger partial charge is 0.293 e. The van der Waals surface area contributed by atoms with Crippen molar-refractivity contribution in [2.24, 2.45) is 0 Å². The van der Waals surface area contributed by atoms with Crippen LogP contribution in [0.15, 0.2) is 11.6 Å². The Morgan fingerprint density at radius 2 is 2.45 bits per heavy atom. The van der Waals surface area contributed by atoms with Crippen LogP contribution in [0.1, 0.15) is 30.7 Å². The smallest absolute Gasteiger partial charge is 0.284 e. The molecular formula is C13H15N3O2S2. The number of amides is 1. The average Bonchev–Trinajstić information content (AvgIpc) is 3.04. The summed E-state index contributed by atoms with van der Waals surface area (Å²) in [6, 6.07) is 1.89. The van der Waals surface area contributed by atoms with Gasteiger partial charge < -0.3 is 0 Å². The number of nitrogens with zero attached hydrogens (tertiary/aromatic N) is 2. The summed E-state index contributed by atoms with van der Waals surface area (Å²) in [7, 11) is 0. The molecule has 2 N–H and O–H groups in total. The van der Waals surface area contributed by atoms with Gasteiger partial charge in [0.15, 0.2) is 0 Å². The molecule has 20 heavy (non-hydrogen) atoms. The summed E-state index contributed by atoms with van der Waals surface area (Å²) in [5.74, 6) is -0.422. The van der Waals surface area contributed by atoms with Gasteiger partial charge in [0.1, 0.15) is 0 Å². The molecule has 1 aliphatic heterocycles. The van der Waals surface area contributed by atoms with Gasteiger partial charge in [-0.2, -0.15) is 0 Å². The SMILES string of the molecule is Cc1ncsc1CN1CCc2cc(C(=O)NO)sc2C1. The van der Waals surface area contributed by atoms with E-state index < -0.39 is 5.91 Å². The fourth-order valence-electron chi connectivity index (χ4n) is 2.36. The van der Waals surface area contributed by atoms with E-state index in [0.29, 0.717) is 4.88 Å². The number of carbonyl (C=O) groups is 1. The second-order valence-corrected chi connectivity index (χ2v) is 6.90. The predicted molar refractivity (Wildman–Crippen MR) is 78.2 cm³/mol. The summed E-state index contributed by atoms with van der Waals surface area (Å²) < 4.78 is 0. The van der Waals surface area contributed by atoms with Crippen LogP contribution in [-0.2, 0) is 19.5 Å². The Morgan fingerprint density at radius 1 is 1.60 bits per heavy atom. The summed E-state index contributed by atoms with van der Waals surface area (Å²) in [5, 5.41) is 8.69. The zero-order valence-corrected chi connectivity index (χ0v) is 12.7. The number of aryl methyl sites for hydroxylation is 1. The molecule has 0 spiro atoms. The van der Waals surface area contributed by atoms with Gasteiger partial charge in [-0.1, -0.05) is 0 Å². The standard InChI is InChI=1S/C13H15N3O2S2/c1-8-11(19-7-14-8)5-16-3-2-9-4-10(13(17)15-18)20-12(9)6-16/h4,7,18H,2-3,5-6H2,1H3,(H,15,17). The fraction of sp³-hybridized carbons (Fsp3) is 0.385. The van der Waals surface area contributed by atoms with Crippen LogP contribution < -0.4 is 5.48 Å². The normalized spacial score (nSPS) is 15.1. The Hall–Kier alpha value is -1.28. The number of hydroxylamine groups is 1. The number of thiophene rings is 1. The van der Waals surface area contributed by atoms with Crippen LogP contribution in [0.25, 0.3) is 0 Å². The molecule has 0 saturated heterocycles. The lowest BCUT2D eigenvalue weighted by atomic mass is 10.1. The van der Waals surface area contributed by atoms with Crippen molar-refractivity contribution in [2.45, 2.75) is 26.4 Å². The number of thiazole rings is 1. The highest BCUT2D eigenvalue weighted by Crippen LogP contribution is 2.29. The summed E-state index contributed by atoms with van der Waals surface area (Å²) >= 11 is 3.15. The van der Waals surface area contributed by atoms with Crippen molar-refractivity contribution in [3.05, 3.63) is 37.5 Å². The van der Waals surface area contributed by atoms with E-state index in [1.807, 2.05) is 18.5 Å². The molecule has 0 aliphatic carbocycles. The monoisotopic (exact) mass is 309 g/mol. The highest BCUT2D eigenvalue weighted by molar-refractivity contribution is 7.14. The first-order chi connectivity index (χ1) is 9.67. The molecule has 0 unspecified atom stereocenters. The zero-order valence-electron chi connectivity index (χ0n) is 11.0. The van der Waals surface area contributed by atoms with E-state index in [4.69, 9.17) is 5.21 Å². The lowest BCUT2D eigenvalue weighted by molar-refractivity contribution is 0.0711. The quantitative estimate of drug-likeness (QED) is 0.674. The van der Waals surface area contributed by atoms with Crippen molar-refractivity contribution >= 4 is 28.6 Å². The van der Waals surface area contributed by atoms with Crippen molar-refractivity contribution in [1.82, 2.24) is 15.4 Å². The Morgan fingerprint density at radius 3 is 3.15 bits per heavy atom. The lowest BCUT2D eigenvalue weighted by Crippen LogP contribution is -2.28. The van der Waals surface area contributed by atoms with Crippen LogP contribution in [-0.4, -0.2) is 27.5 Å². The highest BCUT2D eigenvalue weighted by atomic mass is 32.1. The third-order valence-electron chi connectivity index (χ3n) is 3.50. The average molecular weight is 309 g/mol. The van der Waals surface area contributed by atoms with E-state index in [-0.39, 0.29) is 0 Å². The van der Waals surface area contributed by atoms with Gasteiger partial charge in [0.2, 0.25) is 0 Å². The maximum absolute atomic E-state index is 11.4. The van der Waals surface area contributed by atoms with Crippen LogP contribution in [0.4, 0.5) is 0 Å². The van der Waals surface area contributed by atoms with E-state index in [0.717, 1.165) is 31.7 Å². The predicted octanol–water partition coefficient (Wildman–Crippen LogP) is 2.19. The number of rotatable bonds is 3. The van der Waals surface area contributed by atoms with E-state index in [1.54, 1.807) is 16.8 Å². The molecule has 0 radical (unpaired) electrons. The molecule has 7 heteroatoms. The minimum absolute atomic E-state index is 0.422. The van der Waals surface area contributed by atoms with Crippen molar-refractivity contribution < 1.29 is 10.0 Å². The van der Waals surface area contributed by atoms with Gasteiger partial charge in [-0.05, 0) is 25.0 Å². The molecule has 0 atom stereocenters. The number of nitrogens with one attached hydrogen (secondary N) is 1. The van der Waals surface area contributed by atoms with Gasteiger partial charge in [0, 0.05) is 29.4 Å². The first-order valence-corrected chi connectivity index (χ1v) is 8.04. The maximum atomic E-state index is 11.4. The van der Waals surface area contributed by atoms with Gasteiger partial charge in [0.05, 0.1) is 16.1 Å². The number of aromatic nitrogens is 1. The minimum Gasteiger partial charge on any atom is -0.293 e. The minimum atomic E-state index is -0.422. The first kappa shape index (κ1) is 13.7. The van der Waals surface area contributed by atoms with E-state index in [1.165, 1.54) is 26.7 Å². The molecule has 5 nitrogen and oxygen atoms in total. The van der Waals surface area contributed by atoms with E-state index in [9.17, 15) is 4.79 Å². The number of carbonyl (C=O) groups excluding carboxylic acids is 1. The Labute approximate surface area is 124 Å². The second-order valence-electron chi connectivity index (χ2n) is 4.82. The molecule has 3 heterocycles. The van der Waals surface area contributed by atoms with Gasteiger partial charge >= 0.3 is 0 Å². The van der Waals surface area contributed by atoms with E-state index >= 15 is 0 Å². The van der Waals surface area contributed by atoms with Crippen LogP contribution in [0.3, 0.4) is 0 Å². The summed E-state index contributed by atoms with van der Waals surface area (Å²) in [6.07, 6.45) is 0.947. The zero-order chi connectivity index (χ0) is 14.1. The van der Waals surface area contributed by atoms with Crippen LogP contribution in [0.2, 0.25) is 0 Å². The van der Waals surface area contributed by atoms with Gasteiger partial charge in [-0.3, -0.25) is 14.9 Å². The summed E-state index contributed by atoms with van der Waals surface area (Å²) in [5.41, 5.74) is 5.91. The summed E-state index contributed by atoms with van der Waals surface area (Å²) in [4.78, 5) is 21.2. The third kappa shape index (κ3) is 2.62. The Bertz CT molecular complexity index is 635. The van der Waals surface area contributed by atoms with E-state index in [2.05, 4.69) is 9.88 Å². The highest BCUT2D eigenvalue weighted by Gasteiger charge is 2.22. The topological polar surface area (TPSA) is 65.5 Å². The van der Waals surface area contributed by atoms with Crippen molar-refractivity contribution in [2.75, 3.05) is 6.54 Å². The molecule has 0 aromatic carbocycles. The molecule has 0 saturated carbocycles. The molecule has 1 amide bonds. The molecule has 2 aromatic heterocycles. The van der Waals surface area contributed by atoms with Crippen molar-refractivity contribution in [3.63, 3.8) is 0 Å². The van der Waals surface area contributed by atoms with Crippen molar-refractivity contribution in [3.8, 4) is 0 Å². The molecule has 0 bridgehead atoms. The molecule has 1 aliphatic rings. The number of hydrogen-bond acceptors (Lipinski definition) is 6. The molecule has 2 aromatic rings. The first-order valence-electron chi connectivity index (χ1n) is 6.34. The number of fused-ring (bicyclic) bond motifs is 1.